The molecule has 6 heteroatoms. The lowest BCUT2D eigenvalue weighted by molar-refractivity contribution is -0.145. The first-order chi connectivity index (χ1) is 15.2. The van der Waals surface area contributed by atoms with Crippen LogP contribution in [0.5, 0.6) is 0 Å². The van der Waals surface area contributed by atoms with E-state index in [2.05, 4.69) is 19.1 Å². The number of hydrogen-bond donors (Lipinski definition) is 2. The van der Waals surface area contributed by atoms with Gasteiger partial charge in [-0.15, -0.1) is 0 Å². The van der Waals surface area contributed by atoms with Crippen molar-refractivity contribution in [1.82, 2.24) is 0 Å². The number of rotatable bonds is 24. The summed E-state index contributed by atoms with van der Waals surface area (Å²) in [6.45, 7) is 3.09. The van der Waals surface area contributed by atoms with Crippen LogP contribution in [0.2, 0.25) is 0 Å². The largest absolute Gasteiger partial charge is 0.463 e. The molecule has 1 unspecified atom stereocenters. The summed E-state index contributed by atoms with van der Waals surface area (Å²) in [5, 5.41) is 18.1. The van der Waals surface area contributed by atoms with Crippen molar-refractivity contribution in [2.75, 3.05) is 39.6 Å². The normalized spacial score (nSPS) is 12.5. The predicted molar refractivity (Wildman–Crippen MR) is 125 cm³/mol. The van der Waals surface area contributed by atoms with Gasteiger partial charge in [0.1, 0.15) is 12.7 Å². The van der Waals surface area contributed by atoms with Crippen LogP contribution in [0.15, 0.2) is 12.2 Å². The second-order valence-corrected chi connectivity index (χ2v) is 8.08. The van der Waals surface area contributed by atoms with Crippen LogP contribution >= 0.6 is 0 Å². The quantitative estimate of drug-likeness (QED) is 0.124. The Hall–Kier alpha value is -0.950. The number of ether oxygens (including phenoxy) is 3. The standard InChI is InChI=1S/C25H48O6/c1-2-3-4-5-6-7-8-9-10-11-12-13-14-15-16-17-25(28)31-21-20-30-23-24(27)22-29-19-18-26/h9-10,24,26-27H,2-8,11-23H2,1H3/b10-9-. The van der Waals surface area contributed by atoms with Crippen molar-refractivity contribution in [3.8, 4) is 0 Å². The van der Waals surface area contributed by atoms with Crippen LogP contribution < -0.4 is 0 Å². The molecule has 6 nitrogen and oxygen atoms in total. The van der Waals surface area contributed by atoms with E-state index in [0.717, 1.165) is 19.3 Å². The van der Waals surface area contributed by atoms with Gasteiger partial charge in [-0.3, -0.25) is 4.79 Å². The smallest absolute Gasteiger partial charge is 0.305 e. The van der Waals surface area contributed by atoms with Crippen molar-refractivity contribution in [2.45, 2.75) is 103 Å². The molecule has 0 radical (unpaired) electrons. The molecule has 0 aromatic heterocycles. The monoisotopic (exact) mass is 444 g/mol. The fourth-order valence-electron chi connectivity index (χ4n) is 3.18. The minimum atomic E-state index is -0.738. The molecule has 0 rings (SSSR count). The summed E-state index contributed by atoms with van der Waals surface area (Å²) in [5.41, 5.74) is 0. The van der Waals surface area contributed by atoms with E-state index in [0.29, 0.717) is 6.42 Å². The minimum Gasteiger partial charge on any atom is -0.463 e. The summed E-state index contributed by atoms with van der Waals surface area (Å²) >= 11 is 0. The van der Waals surface area contributed by atoms with Crippen LogP contribution in [0.1, 0.15) is 96.8 Å². The van der Waals surface area contributed by atoms with Crippen molar-refractivity contribution in [1.29, 1.82) is 0 Å². The van der Waals surface area contributed by atoms with Gasteiger partial charge in [-0.25, -0.2) is 0 Å². The maximum atomic E-state index is 11.7. The zero-order chi connectivity index (χ0) is 22.8. The fourth-order valence-corrected chi connectivity index (χ4v) is 3.18. The number of carbonyl (C=O) groups is 1. The fraction of sp³-hybridized carbons (Fsp3) is 0.880. The first-order valence-corrected chi connectivity index (χ1v) is 12.5. The van der Waals surface area contributed by atoms with Gasteiger partial charge in [-0.05, 0) is 32.1 Å². The highest BCUT2D eigenvalue weighted by molar-refractivity contribution is 5.69. The van der Waals surface area contributed by atoms with Crippen molar-refractivity contribution < 1.29 is 29.2 Å². The first-order valence-electron chi connectivity index (χ1n) is 12.5. The number of aliphatic hydroxyl groups is 2. The number of allylic oxidation sites excluding steroid dienone is 2. The third-order valence-corrected chi connectivity index (χ3v) is 4.99. The zero-order valence-corrected chi connectivity index (χ0v) is 19.9. The first kappa shape index (κ1) is 30.0. The second kappa shape index (κ2) is 25.3. The third kappa shape index (κ3) is 25.2. The van der Waals surface area contributed by atoms with Gasteiger partial charge in [-0.1, -0.05) is 70.4 Å². The molecule has 0 spiro atoms. The van der Waals surface area contributed by atoms with E-state index in [1.807, 2.05) is 0 Å². The molecular formula is C25H48O6. The molecule has 184 valence electrons. The lowest BCUT2D eigenvalue weighted by Gasteiger charge is -2.11. The highest BCUT2D eigenvalue weighted by Gasteiger charge is 2.06. The van der Waals surface area contributed by atoms with Gasteiger partial charge in [0.15, 0.2) is 0 Å². The molecule has 0 aromatic rings. The third-order valence-electron chi connectivity index (χ3n) is 4.99. The Bertz CT molecular complexity index is 399. The Balaban J connectivity index is 3.28. The Kier molecular flexibility index (Phi) is 24.5. The Morgan fingerprint density at radius 2 is 1.32 bits per heavy atom. The second-order valence-electron chi connectivity index (χ2n) is 8.08. The van der Waals surface area contributed by atoms with Crippen molar-refractivity contribution in [3.05, 3.63) is 12.2 Å². The van der Waals surface area contributed by atoms with Crippen molar-refractivity contribution in [3.63, 3.8) is 0 Å². The SMILES string of the molecule is CCCCCCCC/C=C\CCCCCCCC(=O)OCCOCC(O)COCCO. The van der Waals surface area contributed by atoms with Crippen molar-refractivity contribution in [2.24, 2.45) is 0 Å². The highest BCUT2D eigenvalue weighted by Crippen LogP contribution is 2.10. The maximum absolute atomic E-state index is 11.7. The van der Waals surface area contributed by atoms with E-state index in [4.69, 9.17) is 19.3 Å². The average molecular weight is 445 g/mol. The molecule has 0 aliphatic heterocycles. The van der Waals surface area contributed by atoms with Gasteiger partial charge in [0, 0.05) is 6.42 Å². The molecule has 0 aliphatic carbocycles. The zero-order valence-electron chi connectivity index (χ0n) is 19.9. The van der Waals surface area contributed by atoms with Gasteiger partial charge < -0.3 is 24.4 Å². The lowest BCUT2D eigenvalue weighted by atomic mass is 10.1. The molecule has 31 heavy (non-hydrogen) atoms. The topological polar surface area (TPSA) is 85.2 Å². The Morgan fingerprint density at radius 3 is 1.94 bits per heavy atom. The van der Waals surface area contributed by atoms with E-state index in [-0.39, 0.29) is 45.6 Å². The molecule has 0 saturated heterocycles. The van der Waals surface area contributed by atoms with Gasteiger partial charge >= 0.3 is 5.97 Å². The number of carbonyl (C=O) groups excluding carboxylic acids is 1. The van der Waals surface area contributed by atoms with Crippen LogP contribution in [0, 0.1) is 0 Å². The van der Waals surface area contributed by atoms with Gasteiger partial charge in [-0.2, -0.15) is 0 Å². The highest BCUT2D eigenvalue weighted by atomic mass is 16.6. The molecular weight excluding hydrogens is 396 g/mol. The molecule has 0 saturated carbocycles. The lowest BCUT2D eigenvalue weighted by Crippen LogP contribution is -2.23. The van der Waals surface area contributed by atoms with E-state index >= 15 is 0 Å². The van der Waals surface area contributed by atoms with Crippen LogP contribution in [0.3, 0.4) is 0 Å². The van der Waals surface area contributed by atoms with E-state index in [1.165, 1.54) is 64.2 Å². The number of unbranched alkanes of at least 4 members (excludes halogenated alkanes) is 11. The molecule has 0 bridgehead atoms. The van der Waals surface area contributed by atoms with Crippen LogP contribution in [-0.2, 0) is 19.0 Å². The van der Waals surface area contributed by atoms with Crippen LogP contribution in [-0.4, -0.2) is 61.9 Å². The number of esters is 1. The van der Waals surface area contributed by atoms with E-state index in [1.54, 1.807) is 0 Å². The Labute approximate surface area is 190 Å². The van der Waals surface area contributed by atoms with Crippen molar-refractivity contribution >= 4 is 5.97 Å². The number of hydrogen-bond acceptors (Lipinski definition) is 6. The summed E-state index contributed by atoms with van der Waals surface area (Å²) in [4.78, 5) is 11.7. The molecule has 2 N–H and O–H groups in total. The molecule has 0 aromatic carbocycles. The van der Waals surface area contributed by atoms with Crippen LogP contribution in [0.25, 0.3) is 0 Å². The number of aliphatic hydroxyl groups excluding tert-OH is 2. The van der Waals surface area contributed by atoms with E-state index < -0.39 is 6.10 Å². The summed E-state index contributed by atoms with van der Waals surface area (Å²) in [6.07, 6.45) is 20.5. The van der Waals surface area contributed by atoms with Crippen LogP contribution in [0.4, 0.5) is 0 Å². The summed E-state index contributed by atoms with van der Waals surface area (Å²) in [5.74, 6) is -0.187. The van der Waals surface area contributed by atoms with E-state index in [9.17, 15) is 9.90 Å². The molecule has 0 aliphatic rings. The molecule has 0 heterocycles. The van der Waals surface area contributed by atoms with Gasteiger partial charge in [0.25, 0.3) is 0 Å². The predicted octanol–water partition coefficient (Wildman–Crippen LogP) is 4.95. The average Bonchev–Trinajstić information content (AvgIpc) is 2.76. The molecule has 0 amide bonds. The van der Waals surface area contributed by atoms with Gasteiger partial charge in [0.2, 0.25) is 0 Å². The maximum Gasteiger partial charge on any atom is 0.305 e. The summed E-state index contributed by atoms with van der Waals surface area (Å²) in [6, 6.07) is 0. The van der Waals surface area contributed by atoms with Gasteiger partial charge in [0.05, 0.1) is 33.0 Å². The summed E-state index contributed by atoms with van der Waals surface area (Å²) in [7, 11) is 0. The minimum absolute atomic E-state index is 0.0692. The molecule has 0 fully saturated rings. The Morgan fingerprint density at radius 1 is 0.774 bits per heavy atom. The summed E-state index contributed by atoms with van der Waals surface area (Å²) < 4.78 is 15.3. The molecule has 1 atom stereocenters.